The molecular formula is C19H25F4N5S. The fraction of sp³-hybridized carbons (Fsp3) is 0.421. The molecule has 5 nitrogen and oxygen atoms in total. The van der Waals surface area contributed by atoms with E-state index in [4.69, 9.17) is 15.3 Å². The molecule has 0 radical (unpaired) electrons. The first kappa shape index (κ1) is 23.1. The highest BCUT2D eigenvalue weighted by molar-refractivity contribution is 7.91. The van der Waals surface area contributed by atoms with Crippen molar-refractivity contribution in [2.75, 3.05) is 0 Å². The molecule has 0 amide bonds. The molecule has 5 N–H and O–H groups in total. The van der Waals surface area contributed by atoms with Crippen LogP contribution in [0, 0.1) is 15.4 Å². The van der Waals surface area contributed by atoms with Crippen LogP contribution in [0.1, 0.15) is 44.6 Å². The zero-order valence-electron chi connectivity index (χ0n) is 16.1. The summed E-state index contributed by atoms with van der Waals surface area (Å²) in [5.41, 5.74) is 4.45. The molecule has 0 aromatic heterocycles. The van der Waals surface area contributed by atoms with Crippen molar-refractivity contribution in [2.45, 2.75) is 56.1 Å². The van der Waals surface area contributed by atoms with Crippen LogP contribution in [0.25, 0.3) is 0 Å². The van der Waals surface area contributed by atoms with Gasteiger partial charge in [-0.15, -0.1) is 0 Å². The summed E-state index contributed by atoms with van der Waals surface area (Å²) < 4.78 is 71.9. The molecule has 0 unspecified atom stereocenters. The maximum atomic E-state index is 14.3. The maximum Gasteiger partial charge on any atom is 0.415 e. The van der Waals surface area contributed by atoms with Gasteiger partial charge in [-0.25, -0.2) is 14.1 Å². The van der Waals surface area contributed by atoms with Gasteiger partial charge in [-0.2, -0.15) is 13.2 Å². The second-order valence-electron chi connectivity index (χ2n) is 7.01. The zero-order valence-corrected chi connectivity index (χ0v) is 16.9. The monoisotopic (exact) mass is 431 g/mol. The molecule has 2 rings (SSSR count). The van der Waals surface area contributed by atoms with Crippen LogP contribution in [-0.4, -0.2) is 18.1 Å². The van der Waals surface area contributed by atoms with Gasteiger partial charge >= 0.3 is 6.18 Å². The third-order valence-corrected chi connectivity index (χ3v) is 6.21. The number of aliphatic imine (C=N–C) groups is 1. The first-order chi connectivity index (χ1) is 13.4. The van der Waals surface area contributed by atoms with E-state index < -0.39 is 27.4 Å². The van der Waals surface area contributed by atoms with Crippen molar-refractivity contribution >= 4 is 15.6 Å². The van der Waals surface area contributed by atoms with Crippen LogP contribution in [0.3, 0.4) is 0 Å². The summed E-state index contributed by atoms with van der Waals surface area (Å²) in [5.74, 6) is -1.06. The smallest absolute Gasteiger partial charge is 0.383 e. The molecule has 10 heteroatoms. The van der Waals surface area contributed by atoms with Gasteiger partial charge in [-0.05, 0) is 44.0 Å². The summed E-state index contributed by atoms with van der Waals surface area (Å²) in [6.07, 6.45) is 1.10. The summed E-state index contributed by atoms with van der Waals surface area (Å²) in [5, 5.41) is 0. The van der Waals surface area contributed by atoms with Gasteiger partial charge in [0.2, 0.25) is 0 Å². The van der Waals surface area contributed by atoms with E-state index in [9.17, 15) is 17.6 Å². The highest BCUT2D eigenvalue weighted by atomic mass is 32.2. The van der Waals surface area contributed by atoms with Crippen LogP contribution >= 0.6 is 0 Å². The summed E-state index contributed by atoms with van der Waals surface area (Å²) in [7, 11) is -2.90. The molecule has 29 heavy (non-hydrogen) atoms. The quantitative estimate of drug-likeness (QED) is 0.209. The second kappa shape index (κ2) is 9.08. The highest BCUT2D eigenvalue weighted by Gasteiger charge is 2.30. The molecule has 1 fully saturated rings. The Labute approximate surface area is 168 Å². The number of benzene rings is 1. The number of nitrogens with zero attached hydrogens (tertiary/aromatic N) is 1. The van der Waals surface area contributed by atoms with Crippen LogP contribution in [0.15, 0.2) is 52.0 Å². The Morgan fingerprint density at radius 3 is 2.48 bits per heavy atom. The fourth-order valence-corrected chi connectivity index (χ4v) is 4.48. The van der Waals surface area contributed by atoms with Crippen molar-refractivity contribution < 1.29 is 17.6 Å². The zero-order chi connectivity index (χ0) is 21.8. The van der Waals surface area contributed by atoms with E-state index in [0.717, 1.165) is 38.2 Å². The van der Waals surface area contributed by atoms with Crippen LogP contribution in [0.5, 0.6) is 0 Å². The number of hydrogen-bond acceptors (Lipinski definition) is 3. The van der Waals surface area contributed by atoms with E-state index in [-0.39, 0.29) is 28.0 Å². The van der Waals surface area contributed by atoms with Crippen molar-refractivity contribution in [1.29, 1.82) is 9.56 Å². The minimum atomic E-state index is -4.60. The highest BCUT2D eigenvalue weighted by Crippen LogP contribution is 2.26. The molecule has 0 bridgehead atoms. The van der Waals surface area contributed by atoms with Crippen LogP contribution < -0.4 is 10.5 Å². The van der Waals surface area contributed by atoms with Crippen LogP contribution in [-0.2, 0) is 9.81 Å². The Morgan fingerprint density at radius 2 is 1.90 bits per heavy atom. The SMILES string of the molecule is C=C(/C=C(\C)N=C(N)c1cc(S(=N)(=N)NC2CCCCC2)ccc1F)C(F)(F)F. The van der Waals surface area contributed by atoms with Gasteiger partial charge < -0.3 is 5.73 Å². The minimum absolute atomic E-state index is 0.0619. The number of rotatable bonds is 6. The van der Waals surface area contributed by atoms with Gasteiger partial charge in [0.1, 0.15) is 11.7 Å². The van der Waals surface area contributed by atoms with Gasteiger partial charge in [-0.1, -0.05) is 25.8 Å². The van der Waals surface area contributed by atoms with Gasteiger partial charge in [0.15, 0.2) is 0 Å². The molecule has 0 aliphatic heterocycles. The van der Waals surface area contributed by atoms with Crippen LogP contribution in [0.2, 0.25) is 0 Å². The van der Waals surface area contributed by atoms with Gasteiger partial charge in [0.25, 0.3) is 0 Å². The molecule has 0 heterocycles. The number of hydrogen-bond donors (Lipinski definition) is 4. The summed E-state index contributed by atoms with van der Waals surface area (Å²) in [6, 6.07) is 3.77. The molecule has 160 valence electrons. The molecule has 1 aliphatic rings. The van der Waals surface area contributed by atoms with E-state index in [1.165, 1.54) is 19.1 Å². The first-order valence-electron chi connectivity index (χ1n) is 9.08. The third kappa shape index (κ3) is 6.40. The lowest BCUT2D eigenvalue weighted by atomic mass is 9.96. The molecule has 0 saturated heterocycles. The lowest BCUT2D eigenvalue weighted by molar-refractivity contribution is -0.0878. The number of alkyl halides is 3. The second-order valence-corrected chi connectivity index (χ2v) is 8.94. The van der Waals surface area contributed by atoms with Crippen molar-refractivity contribution in [3.8, 4) is 0 Å². The Morgan fingerprint density at radius 1 is 1.28 bits per heavy atom. The number of nitrogens with two attached hydrogens (primary N) is 1. The van der Waals surface area contributed by atoms with E-state index >= 15 is 0 Å². The minimum Gasteiger partial charge on any atom is -0.383 e. The van der Waals surface area contributed by atoms with E-state index in [2.05, 4.69) is 16.3 Å². The van der Waals surface area contributed by atoms with Gasteiger partial charge in [0, 0.05) is 26.4 Å². The largest absolute Gasteiger partial charge is 0.415 e. The van der Waals surface area contributed by atoms with E-state index in [0.29, 0.717) is 6.08 Å². The average Bonchev–Trinajstić information content (AvgIpc) is 2.61. The Kier molecular flexibility index (Phi) is 7.23. The Hall–Kier alpha value is -2.20. The maximum absolute atomic E-state index is 14.3. The number of allylic oxidation sites excluding steroid dienone is 3. The standard InChI is InChI=1S/C19H25F4N5S/c1-12(19(21,22)23)10-13(2)27-18(24)16-11-15(8-9-17(16)20)29(25,26)28-14-6-4-3-5-7-14/h8-11,14H,1,3-7H2,2H3,(H2,24,27)(H3,25,26,28)/b13-10+. The van der Waals surface area contributed by atoms with Crippen molar-refractivity contribution in [3.63, 3.8) is 0 Å². The number of halogens is 4. The average molecular weight is 432 g/mol. The fourth-order valence-electron chi connectivity index (χ4n) is 3.05. The molecular weight excluding hydrogens is 406 g/mol. The first-order valence-corrected chi connectivity index (χ1v) is 10.7. The number of amidine groups is 1. The molecule has 0 spiro atoms. The van der Waals surface area contributed by atoms with Gasteiger partial charge in [-0.3, -0.25) is 9.56 Å². The van der Waals surface area contributed by atoms with Crippen molar-refractivity contribution in [1.82, 2.24) is 4.72 Å². The van der Waals surface area contributed by atoms with E-state index in [1.807, 2.05) is 0 Å². The van der Waals surface area contributed by atoms with Crippen molar-refractivity contribution in [2.24, 2.45) is 10.7 Å². The summed E-state index contributed by atoms with van der Waals surface area (Å²) in [6.45, 7) is 4.22. The number of nitrogens with one attached hydrogen (secondary N) is 3. The lowest BCUT2D eigenvalue weighted by Crippen LogP contribution is -2.35. The third-order valence-electron chi connectivity index (χ3n) is 4.56. The molecule has 1 aliphatic carbocycles. The molecule has 1 aromatic rings. The Bertz CT molecular complexity index is 926. The predicted molar refractivity (Wildman–Crippen MR) is 107 cm³/mol. The van der Waals surface area contributed by atoms with E-state index in [1.54, 1.807) is 0 Å². The summed E-state index contributed by atoms with van der Waals surface area (Å²) in [4.78, 5) is 4.07. The molecule has 1 aromatic carbocycles. The predicted octanol–water partition coefficient (Wildman–Crippen LogP) is 5.43. The molecule has 1 saturated carbocycles. The van der Waals surface area contributed by atoms with Gasteiger partial charge in [0.05, 0.1) is 11.1 Å². The molecule has 0 atom stereocenters. The Balaban J connectivity index is 2.29. The van der Waals surface area contributed by atoms with Crippen LogP contribution in [0.4, 0.5) is 17.6 Å². The van der Waals surface area contributed by atoms with Crippen molar-refractivity contribution in [3.05, 3.63) is 53.5 Å². The normalized spacial score (nSPS) is 17.4. The summed E-state index contributed by atoms with van der Waals surface area (Å²) >= 11 is 0. The lowest BCUT2D eigenvalue weighted by Gasteiger charge is -2.26. The topological polar surface area (TPSA) is 98.1 Å².